The van der Waals surface area contributed by atoms with Gasteiger partial charge in [-0.2, -0.15) is 0 Å². The van der Waals surface area contributed by atoms with Crippen molar-refractivity contribution in [1.82, 2.24) is 15.2 Å². The molecule has 2 saturated carbocycles. The van der Waals surface area contributed by atoms with Gasteiger partial charge in [0.05, 0.1) is 26.3 Å². The molecule has 10 nitrogen and oxygen atoms in total. The van der Waals surface area contributed by atoms with Crippen LogP contribution in [0.2, 0.25) is 0 Å². The fourth-order valence-corrected chi connectivity index (χ4v) is 7.27. The lowest BCUT2D eigenvalue weighted by Gasteiger charge is -2.35. The lowest BCUT2D eigenvalue weighted by molar-refractivity contribution is -0.152. The van der Waals surface area contributed by atoms with Crippen LogP contribution in [0.5, 0.6) is 11.6 Å². The summed E-state index contributed by atoms with van der Waals surface area (Å²) in [6, 6.07) is 5.99. The van der Waals surface area contributed by atoms with Crippen LogP contribution < -0.4 is 14.8 Å². The Morgan fingerprint density at radius 1 is 1.07 bits per heavy atom. The number of fused-ring (bicyclic) bond motifs is 7. The highest BCUT2D eigenvalue weighted by atomic mass is 16.6. The molecule has 2 amide bonds. The molecule has 7 atom stereocenters. The highest BCUT2D eigenvalue weighted by Crippen LogP contribution is 2.57. The molecule has 2 aliphatic carbocycles. The van der Waals surface area contributed by atoms with Crippen LogP contribution in [0.15, 0.2) is 30.3 Å². The number of nitrogens with one attached hydrogen (secondary N) is 1. The summed E-state index contributed by atoms with van der Waals surface area (Å²) >= 11 is 0. The Hall–Kier alpha value is -3.82. The fraction of sp³-hybridized carbons (Fsp3) is 0.588. The van der Waals surface area contributed by atoms with E-state index in [9.17, 15) is 14.4 Å². The SMILES string of the molecule is COC(=O)[C@@H]1C[C@@H]2CN1C(=O)[C@H](C(C)(C)C)NC(=O)O[C@@H]1CC3C[C@@H]3[C@H]1CCC/C=C/c1cc3ccc(OC)cc3nc1O2. The number of pyridine rings is 1. The minimum absolute atomic E-state index is 0.136. The van der Waals surface area contributed by atoms with Crippen LogP contribution in [0.4, 0.5) is 4.79 Å². The fourth-order valence-electron chi connectivity index (χ4n) is 7.27. The average Bonchev–Trinajstić information content (AvgIpc) is 3.48. The van der Waals surface area contributed by atoms with Crippen molar-refractivity contribution in [3.8, 4) is 11.6 Å². The van der Waals surface area contributed by atoms with Gasteiger partial charge in [-0.1, -0.05) is 32.9 Å². The second-order valence-corrected chi connectivity index (χ2v) is 13.7. The third-order valence-corrected chi connectivity index (χ3v) is 9.69. The Kier molecular flexibility index (Phi) is 8.20. The monoisotopic (exact) mass is 605 g/mol. The van der Waals surface area contributed by atoms with Gasteiger partial charge in [0, 0.05) is 23.4 Å². The summed E-state index contributed by atoms with van der Waals surface area (Å²) in [4.78, 5) is 46.7. The summed E-state index contributed by atoms with van der Waals surface area (Å²) in [7, 11) is 2.92. The lowest BCUT2D eigenvalue weighted by atomic mass is 9.85. The van der Waals surface area contributed by atoms with E-state index < -0.39 is 35.7 Å². The normalized spacial score (nSPS) is 31.3. The number of alkyl carbamates (subject to hydrolysis) is 1. The molecule has 2 bridgehead atoms. The topological polar surface area (TPSA) is 116 Å². The number of hydrogen-bond acceptors (Lipinski definition) is 8. The number of amides is 2. The van der Waals surface area contributed by atoms with Gasteiger partial charge in [-0.05, 0) is 73.5 Å². The van der Waals surface area contributed by atoms with Gasteiger partial charge in [-0.3, -0.25) is 4.79 Å². The summed E-state index contributed by atoms with van der Waals surface area (Å²) in [5, 5.41) is 3.83. The molecule has 3 heterocycles. The smallest absolute Gasteiger partial charge is 0.408 e. The zero-order valence-corrected chi connectivity index (χ0v) is 26.2. The Bertz CT molecular complexity index is 1470. The number of ether oxygens (including phenoxy) is 4. The summed E-state index contributed by atoms with van der Waals surface area (Å²) in [6.45, 7) is 5.80. The first-order chi connectivity index (χ1) is 21.0. The maximum Gasteiger partial charge on any atom is 0.408 e. The predicted molar refractivity (Wildman–Crippen MR) is 164 cm³/mol. The van der Waals surface area contributed by atoms with E-state index in [0.717, 1.165) is 42.1 Å². The summed E-state index contributed by atoms with van der Waals surface area (Å²) in [5.74, 6) is 1.75. The number of methoxy groups -OCH3 is 2. The maximum atomic E-state index is 14.1. The number of allylic oxidation sites excluding steroid dienone is 1. The molecular formula is C34H43N3O7. The van der Waals surface area contributed by atoms with Gasteiger partial charge >= 0.3 is 12.1 Å². The van der Waals surface area contributed by atoms with Crippen molar-refractivity contribution in [3.05, 3.63) is 35.9 Å². The van der Waals surface area contributed by atoms with Crippen molar-refractivity contribution in [2.45, 2.75) is 83.6 Å². The van der Waals surface area contributed by atoms with Gasteiger partial charge in [-0.15, -0.1) is 0 Å². The third kappa shape index (κ3) is 6.08. The molecule has 10 heteroatoms. The number of carbonyl (C=O) groups excluding carboxylic acids is 3. The first kappa shape index (κ1) is 30.2. The van der Waals surface area contributed by atoms with Crippen molar-refractivity contribution in [2.75, 3.05) is 20.8 Å². The van der Waals surface area contributed by atoms with Gasteiger partial charge in [0.1, 0.15) is 30.0 Å². The molecule has 1 aromatic heterocycles. The molecule has 6 rings (SSSR count). The van der Waals surface area contributed by atoms with Crippen LogP contribution in [0.1, 0.15) is 64.9 Å². The predicted octanol–water partition coefficient (Wildman–Crippen LogP) is 5.13. The number of rotatable bonds is 2. The van der Waals surface area contributed by atoms with E-state index in [1.54, 1.807) is 7.11 Å². The van der Waals surface area contributed by atoms with Crippen molar-refractivity contribution < 1.29 is 33.3 Å². The van der Waals surface area contributed by atoms with Crippen molar-refractivity contribution >= 4 is 34.9 Å². The minimum atomic E-state index is -0.918. The van der Waals surface area contributed by atoms with E-state index >= 15 is 0 Å². The van der Waals surface area contributed by atoms with Gasteiger partial charge in [-0.25, -0.2) is 14.6 Å². The number of esters is 1. The average molecular weight is 606 g/mol. The molecule has 3 fully saturated rings. The molecule has 44 heavy (non-hydrogen) atoms. The molecule has 1 N–H and O–H groups in total. The van der Waals surface area contributed by atoms with Gasteiger partial charge < -0.3 is 29.2 Å². The number of hydrogen-bond donors (Lipinski definition) is 1. The molecule has 2 aromatic rings. The van der Waals surface area contributed by atoms with E-state index in [1.165, 1.54) is 18.4 Å². The van der Waals surface area contributed by atoms with Gasteiger partial charge in [0.15, 0.2) is 0 Å². The molecule has 1 unspecified atom stereocenters. The first-order valence-corrected chi connectivity index (χ1v) is 15.7. The number of nitrogens with zero attached hydrogens (tertiary/aromatic N) is 2. The number of carbonyl (C=O) groups is 3. The largest absolute Gasteiger partial charge is 0.497 e. The molecule has 4 aliphatic rings. The second kappa shape index (κ2) is 11.9. The van der Waals surface area contributed by atoms with Crippen LogP contribution in [-0.2, 0) is 19.1 Å². The molecule has 236 valence electrons. The second-order valence-electron chi connectivity index (χ2n) is 13.7. The third-order valence-electron chi connectivity index (χ3n) is 9.69. The van der Waals surface area contributed by atoms with Gasteiger partial charge in [0.25, 0.3) is 0 Å². The first-order valence-electron chi connectivity index (χ1n) is 15.7. The Morgan fingerprint density at radius 3 is 2.64 bits per heavy atom. The van der Waals surface area contributed by atoms with Crippen LogP contribution >= 0.6 is 0 Å². The lowest BCUT2D eigenvalue weighted by Crippen LogP contribution is -2.57. The standard InChI is InChI=1S/C34H43N3O7/c1-34(2,3)29-31(38)37-18-23(17-27(37)32(39)42-5)43-30-20(13-19-11-12-22(41-4)16-26(19)35-30)9-7-6-8-10-24-25-14-21(25)15-28(24)44-33(40)36-29/h7,9,11-13,16,21,23-25,27-29H,6,8,10,14-15,17-18H2,1-5H3,(H,36,40)/b9-7+/t21?,23-,24-,25+,27+,28-,29-/m1/s1. The van der Waals surface area contributed by atoms with Crippen molar-refractivity contribution in [2.24, 2.45) is 23.2 Å². The summed E-state index contributed by atoms with van der Waals surface area (Å²) in [5.41, 5.74) is 0.897. The summed E-state index contributed by atoms with van der Waals surface area (Å²) in [6.07, 6.45) is 8.03. The van der Waals surface area contributed by atoms with Crippen LogP contribution in [0.3, 0.4) is 0 Å². The van der Waals surface area contributed by atoms with Crippen LogP contribution in [0, 0.1) is 23.2 Å². The molecule has 0 spiro atoms. The van der Waals surface area contributed by atoms with Crippen molar-refractivity contribution in [1.29, 1.82) is 0 Å². The molecule has 1 saturated heterocycles. The maximum absolute atomic E-state index is 14.1. The highest BCUT2D eigenvalue weighted by Gasteiger charge is 2.54. The Morgan fingerprint density at radius 2 is 1.89 bits per heavy atom. The van der Waals surface area contributed by atoms with E-state index in [1.807, 2.05) is 51.1 Å². The molecule has 1 aromatic carbocycles. The zero-order chi connectivity index (χ0) is 31.2. The molecule has 2 aliphatic heterocycles. The van der Waals surface area contributed by atoms with Crippen LogP contribution in [-0.4, -0.2) is 72.9 Å². The van der Waals surface area contributed by atoms with Crippen molar-refractivity contribution in [3.63, 3.8) is 0 Å². The molecular weight excluding hydrogens is 562 g/mol. The summed E-state index contributed by atoms with van der Waals surface area (Å²) < 4.78 is 23.0. The number of benzene rings is 1. The van der Waals surface area contributed by atoms with Gasteiger partial charge in [0.2, 0.25) is 11.8 Å². The minimum Gasteiger partial charge on any atom is -0.497 e. The van der Waals surface area contributed by atoms with E-state index in [-0.39, 0.29) is 25.0 Å². The van der Waals surface area contributed by atoms with Crippen LogP contribution in [0.25, 0.3) is 17.0 Å². The molecule has 0 radical (unpaired) electrons. The highest BCUT2D eigenvalue weighted by molar-refractivity contribution is 5.91. The number of aromatic nitrogens is 1. The van der Waals surface area contributed by atoms with E-state index in [2.05, 4.69) is 11.4 Å². The zero-order valence-electron chi connectivity index (χ0n) is 26.2. The Balaban J connectivity index is 1.37. The van der Waals surface area contributed by atoms with E-state index in [4.69, 9.17) is 23.9 Å². The van der Waals surface area contributed by atoms with E-state index in [0.29, 0.717) is 29.4 Å². The Labute approximate surface area is 258 Å². The quantitative estimate of drug-likeness (QED) is 0.469.